The van der Waals surface area contributed by atoms with Crippen molar-refractivity contribution in [2.45, 2.75) is 300 Å². The molecule has 1 atom stereocenters. The molecule has 0 saturated carbocycles. The first-order chi connectivity index (χ1) is 36.5. The highest BCUT2D eigenvalue weighted by molar-refractivity contribution is 7.12. The monoisotopic (exact) mass is 1080 g/mol. The second kappa shape index (κ2) is 54.6. The number of ether oxygens (including phenoxy) is 3. The summed E-state index contributed by atoms with van der Waals surface area (Å²) >= 11 is 1.62. The molecule has 0 bridgehead atoms. The molecule has 0 aliphatic carbocycles. The van der Waals surface area contributed by atoms with Crippen LogP contribution in [0.1, 0.15) is 306 Å². The van der Waals surface area contributed by atoms with Crippen LogP contribution in [0.2, 0.25) is 0 Å². The summed E-state index contributed by atoms with van der Waals surface area (Å²) in [6.45, 7) is 22.4. The van der Waals surface area contributed by atoms with E-state index in [9.17, 15) is 24.0 Å². The number of hydrogen-bond donors (Lipinski definition) is 0. The third-order valence-corrected chi connectivity index (χ3v) is 15.2. The van der Waals surface area contributed by atoms with Crippen molar-refractivity contribution in [2.75, 3.05) is 47.0 Å². The van der Waals surface area contributed by atoms with Crippen LogP contribution >= 0.6 is 11.3 Å². The number of unbranched alkanes of at least 4 members (excludes halogenated alkanes) is 23. The fourth-order valence-corrected chi connectivity index (χ4v) is 10.8. The maximum atomic E-state index is 13.0. The van der Waals surface area contributed by atoms with Crippen LogP contribution in [0, 0.1) is 18.8 Å². The minimum atomic E-state index is -0.231. The summed E-state index contributed by atoms with van der Waals surface area (Å²) in [5.74, 6) is 0.0721. The van der Waals surface area contributed by atoms with Gasteiger partial charge in [0.05, 0.1) is 43.8 Å². The van der Waals surface area contributed by atoms with Crippen molar-refractivity contribution in [3.63, 3.8) is 0 Å². The normalized spacial score (nSPS) is 12.1. The first-order valence-corrected chi connectivity index (χ1v) is 32.3. The van der Waals surface area contributed by atoms with Gasteiger partial charge in [-0.2, -0.15) is 0 Å². The van der Waals surface area contributed by atoms with Crippen LogP contribution in [0.3, 0.4) is 0 Å². The van der Waals surface area contributed by atoms with Crippen molar-refractivity contribution >= 4 is 41.4 Å². The summed E-state index contributed by atoms with van der Waals surface area (Å²) in [7, 11) is 4.02. The molecule has 2 heterocycles. The smallest absolute Gasteiger partial charge is 0.339 e. The Morgan fingerprint density at radius 1 is 0.547 bits per heavy atom. The molecule has 1 aliphatic heterocycles. The summed E-state index contributed by atoms with van der Waals surface area (Å²) < 4.78 is 16.8. The number of hydrogen-bond acceptors (Lipinski definition) is 10. The molecule has 0 saturated heterocycles. The average molecular weight is 1080 g/mol. The van der Waals surface area contributed by atoms with E-state index in [1.165, 1.54) is 116 Å². The molecule has 0 radical (unpaired) electrons. The zero-order valence-electron chi connectivity index (χ0n) is 51.0. The van der Waals surface area contributed by atoms with Gasteiger partial charge >= 0.3 is 17.9 Å². The van der Waals surface area contributed by atoms with Gasteiger partial charge in [-0.3, -0.25) is 14.4 Å². The molecule has 1 aliphatic rings. The topological polar surface area (TPSA) is 120 Å². The number of thiophene rings is 1. The Hall–Kier alpha value is -2.79. The van der Waals surface area contributed by atoms with Gasteiger partial charge in [0.25, 0.3) is 0 Å². The van der Waals surface area contributed by atoms with Crippen LogP contribution < -0.4 is 0 Å². The lowest BCUT2D eigenvalue weighted by Gasteiger charge is -2.27. The van der Waals surface area contributed by atoms with Gasteiger partial charge in [0, 0.05) is 35.7 Å². The minimum Gasteiger partial charge on any atom is -0.465 e. The van der Waals surface area contributed by atoms with Gasteiger partial charge in [0.1, 0.15) is 6.29 Å². The maximum absolute atomic E-state index is 13.0. The van der Waals surface area contributed by atoms with Crippen LogP contribution in [0.15, 0.2) is 0 Å². The Balaban J connectivity index is 0. The van der Waals surface area contributed by atoms with Gasteiger partial charge in [-0.15, -0.1) is 11.3 Å². The molecule has 0 fully saturated rings. The predicted molar refractivity (Wildman–Crippen MR) is 319 cm³/mol. The van der Waals surface area contributed by atoms with Crippen molar-refractivity contribution in [1.29, 1.82) is 0 Å². The van der Waals surface area contributed by atoms with Crippen LogP contribution in [-0.4, -0.2) is 86.9 Å². The van der Waals surface area contributed by atoms with Gasteiger partial charge in [0.15, 0.2) is 0 Å². The van der Waals surface area contributed by atoms with Crippen molar-refractivity contribution in [3.05, 3.63) is 20.9 Å². The molecule has 0 N–H and O–H groups in total. The van der Waals surface area contributed by atoms with E-state index in [4.69, 9.17) is 14.2 Å². The summed E-state index contributed by atoms with van der Waals surface area (Å²) in [4.78, 5) is 67.5. The number of esters is 3. The number of aryl methyl sites for hydroxylation is 1. The zero-order chi connectivity index (χ0) is 56.2. The number of carbonyl (C=O) groups excluding carboxylic acids is 5. The molecule has 440 valence electrons. The number of amides is 1. The predicted octanol–water partition coefficient (Wildman–Crippen LogP) is 17.9. The van der Waals surface area contributed by atoms with Gasteiger partial charge in [-0.25, -0.2) is 4.79 Å². The van der Waals surface area contributed by atoms with E-state index >= 15 is 0 Å². The molecule has 11 heteroatoms. The summed E-state index contributed by atoms with van der Waals surface area (Å²) in [6, 6.07) is 0. The molecule has 2 rings (SSSR count). The van der Waals surface area contributed by atoms with Crippen molar-refractivity contribution < 1.29 is 38.2 Å². The fraction of sp³-hybridized carbons (Fsp3) is 0.859. The quantitative estimate of drug-likeness (QED) is 0.0272. The molecule has 75 heavy (non-hydrogen) atoms. The summed E-state index contributed by atoms with van der Waals surface area (Å²) in [5, 5.41) is 0. The van der Waals surface area contributed by atoms with E-state index in [2.05, 4.69) is 32.6 Å². The van der Waals surface area contributed by atoms with E-state index < -0.39 is 0 Å². The Labute approximate surface area is 467 Å². The Kier molecular flexibility index (Phi) is 54.0. The molecular weight excluding hydrogens is 957 g/mol. The summed E-state index contributed by atoms with van der Waals surface area (Å²) in [5.41, 5.74) is 1.78. The third-order valence-electron chi connectivity index (χ3n) is 14.1. The molecule has 1 unspecified atom stereocenters. The van der Waals surface area contributed by atoms with Crippen molar-refractivity contribution in [1.82, 2.24) is 9.80 Å². The molecular formula is C64H120N2O8S. The number of aldehydes is 1. The number of nitrogens with zero attached hydrogens (tertiary/aromatic N) is 2. The van der Waals surface area contributed by atoms with Crippen molar-refractivity contribution in [3.8, 4) is 0 Å². The highest BCUT2D eigenvalue weighted by Crippen LogP contribution is 2.34. The van der Waals surface area contributed by atoms with Crippen LogP contribution in [0.4, 0.5) is 0 Å². The second-order valence-corrected chi connectivity index (χ2v) is 22.2. The van der Waals surface area contributed by atoms with Gasteiger partial charge in [-0.05, 0) is 104 Å². The Bertz CT molecular complexity index is 1480. The summed E-state index contributed by atoms with van der Waals surface area (Å²) in [6.07, 6.45) is 40.1. The third kappa shape index (κ3) is 40.1. The minimum absolute atomic E-state index is 0.00892. The number of carbonyl (C=O) groups is 5. The molecule has 0 spiro atoms. The standard InChI is InChI=1S/C38H66N2O5S.C22H42O3.2C2H6/c1-6-8-10-12-14-17-22-32(23-18-15-13-11-9-7-2)37(42)44-28-20-16-19-24-35(41)40-27-25-33-34(30-40)46-31(3)36(33)38(43)45-29-21-26-39(4)5;1-3-5-7-9-10-14-18-21(17-13-8-6-4-2)22(24)25-20-16-12-11-15-19-23;2*1-2/h32H,6-30H2,1-5H3;19,21H,3-18,20H2,1-2H3;2*1-2H3. The fourth-order valence-electron chi connectivity index (χ4n) is 9.53. The highest BCUT2D eigenvalue weighted by atomic mass is 32.1. The van der Waals surface area contributed by atoms with Crippen LogP contribution in [-0.2, 0) is 46.4 Å². The lowest BCUT2D eigenvalue weighted by molar-refractivity contribution is -0.150. The lowest BCUT2D eigenvalue weighted by atomic mass is 9.94. The molecule has 10 nitrogen and oxygen atoms in total. The van der Waals surface area contributed by atoms with E-state index in [1.54, 1.807) is 11.3 Å². The first-order valence-electron chi connectivity index (χ1n) is 31.5. The van der Waals surface area contributed by atoms with Crippen LogP contribution in [0.5, 0.6) is 0 Å². The molecule has 1 aromatic heterocycles. The van der Waals surface area contributed by atoms with E-state index in [-0.39, 0.29) is 35.7 Å². The number of fused-ring (bicyclic) bond motifs is 1. The van der Waals surface area contributed by atoms with Crippen molar-refractivity contribution in [2.24, 2.45) is 11.8 Å². The zero-order valence-corrected chi connectivity index (χ0v) is 51.8. The largest absolute Gasteiger partial charge is 0.465 e. The van der Waals surface area contributed by atoms with Gasteiger partial charge in [0.2, 0.25) is 5.91 Å². The van der Waals surface area contributed by atoms with E-state index in [1.807, 2.05) is 53.6 Å². The highest BCUT2D eigenvalue weighted by Gasteiger charge is 2.29. The van der Waals surface area contributed by atoms with Crippen LogP contribution in [0.25, 0.3) is 0 Å². The Morgan fingerprint density at radius 3 is 1.39 bits per heavy atom. The SMILES string of the molecule is CC.CC.CCCCCCCCC(CCCCCC)C(=O)OCCCCCC=O.CCCCCCCCC(CCCCCCCC)C(=O)OCCCCCC(=O)N1CCc2c(sc(C)c2C(=O)OCCCN(C)C)C1. The second-order valence-electron chi connectivity index (χ2n) is 20.9. The molecule has 0 aromatic carbocycles. The first kappa shape index (κ1) is 74.3. The average Bonchev–Trinajstić information content (AvgIpc) is 3.76. The molecule has 1 aromatic rings. The maximum Gasteiger partial charge on any atom is 0.339 e. The Morgan fingerprint density at radius 2 is 0.947 bits per heavy atom. The van der Waals surface area contributed by atoms with Gasteiger partial charge < -0.3 is 28.8 Å². The lowest BCUT2D eigenvalue weighted by Crippen LogP contribution is -2.35. The van der Waals surface area contributed by atoms with E-state index in [0.717, 1.165) is 124 Å². The van der Waals surface area contributed by atoms with E-state index in [0.29, 0.717) is 57.7 Å². The molecule has 1 amide bonds. The number of rotatable bonds is 45. The van der Waals surface area contributed by atoms with Gasteiger partial charge in [-0.1, -0.05) is 197 Å².